The number of rotatable bonds is 4. The summed E-state index contributed by atoms with van der Waals surface area (Å²) in [5, 5.41) is 7.66. The second kappa shape index (κ2) is 7.26. The molecule has 1 aliphatic carbocycles. The number of nitrogens with one attached hydrogen (secondary N) is 2. The van der Waals surface area contributed by atoms with Gasteiger partial charge in [-0.05, 0) is 56.7 Å². The number of hydrogen-bond donors (Lipinski definition) is 2. The highest BCUT2D eigenvalue weighted by Gasteiger charge is 2.33. The number of benzene rings is 1. The monoisotopic (exact) mass is 350 g/mol. The molecule has 21 heavy (non-hydrogen) atoms. The first-order valence-electron chi connectivity index (χ1n) is 8.49. The number of hydrogen-bond acceptors (Lipinski definition) is 2. The standard InChI is InChI=1S/C18H27BrN2/c1-13(14-7-2-4-9-16(14)19)21-18-10-5-3-8-15(18)17-11-6-12-20-17/h2,4,7,9,13,15,17-18,20-21H,3,5-6,8,10-12H2,1H3. The Morgan fingerprint density at radius 2 is 1.95 bits per heavy atom. The largest absolute Gasteiger partial charge is 0.314 e. The third kappa shape index (κ3) is 3.69. The van der Waals surface area contributed by atoms with Crippen LogP contribution in [0.4, 0.5) is 0 Å². The van der Waals surface area contributed by atoms with Gasteiger partial charge in [0.2, 0.25) is 0 Å². The lowest BCUT2D eigenvalue weighted by Gasteiger charge is -2.38. The van der Waals surface area contributed by atoms with Gasteiger partial charge in [0.1, 0.15) is 0 Å². The Balaban J connectivity index is 1.68. The van der Waals surface area contributed by atoms with Gasteiger partial charge in [-0.15, -0.1) is 0 Å². The van der Waals surface area contributed by atoms with Crippen molar-refractivity contribution < 1.29 is 0 Å². The van der Waals surface area contributed by atoms with Crippen LogP contribution < -0.4 is 10.6 Å². The maximum atomic E-state index is 3.93. The van der Waals surface area contributed by atoms with Crippen molar-refractivity contribution in [1.82, 2.24) is 10.6 Å². The molecule has 0 amide bonds. The van der Waals surface area contributed by atoms with Crippen LogP contribution in [-0.4, -0.2) is 18.6 Å². The van der Waals surface area contributed by atoms with E-state index in [1.807, 2.05) is 0 Å². The van der Waals surface area contributed by atoms with Crippen molar-refractivity contribution in [1.29, 1.82) is 0 Å². The zero-order valence-corrected chi connectivity index (χ0v) is 14.5. The van der Waals surface area contributed by atoms with Crippen molar-refractivity contribution in [3.8, 4) is 0 Å². The van der Waals surface area contributed by atoms with Crippen molar-refractivity contribution in [2.45, 2.75) is 63.6 Å². The fraction of sp³-hybridized carbons (Fsp3) is 0.667. The molecule has 1 saturated heterocycles. The minimum atomic E-state index is 0.410. The second-order valence-corrected chi connectivity index (χ2v) is 7.52. The van der Waals surface area contributed by atoms with E-state index in [1.165, 1.54) is 55.1 Å². The topological polar surface area (TPSA) is 24.1 Å². The molecule has 3 rings (SSSR count). The summed E-state index contributed by atoms with van der Waals surface area (Å²) in [5.74, 6) is 0.811. The average molecular weight is 351 g/mol. The second-order valence-electron chi connectivity index (χ2n) is 6.67. The highest BCUT2D eigenvalue weighted by atomic mass is 79.9. The van der Waals surface area contributed by atoms with Crippen LogP contribution in [0.1, 0.15) is 57.1 Å². The van der Waals surface area contributed by atoms with Gasteiger partial charge >= 0.3 is 0 Å². The van der Waals surface area contributed by atoms with E-state index in [4.69, 9.17) is 0 Å². The van der Waals surface area contributed by atoms with Gasteiger partial charge in [-0.25, -0.2) is 0 Å². The first kappa shape index (κ1) is 15.5. The summed E-state index contributed by atoms with van der Waals surface area (Å²) in [4.78, 5) is 0. The van der Waals surface area contributed by atoms with E-state index in [-0.39, 0.29) is 0 Å². The third-order valence-electron chi connectivity index (χ3n) is 5.27. The molecule has 2 N–H and O–H groups in total. The summed E-state index contributed by atoms with van der Waals surface area (Å²) in [6.07, 6.45) is 8.23. The molecular weight excluding hydrogens is 324 g/mol. The van der Waals surface area contributed by atoms with Crippen molar-refractivity contribution in [3.05, 3.63) is 34.3 Å². The van der Waals surface area contributed by atoms with Crippen molar-refractivity contribution in [2.75, 3.05) is 6.54 Å². The molecule has 2 nitrogen and oxygen atoms in total. The summed E-state index contributed by atoms with van der Waals surface area (Å²) >= 11 is 3.69. The zero-order valence-electron chi connectivity index (χ0n) is 12.9. The smallest absolute Gasteiger partial charge is 0.0305 e. The van der Waals surface area contributed by atoms with E-state index >= 15 is 0 Å². The summed E-state index contributed by atoms with van der Waals surface area (Å²) in [6, 6.07) is 10.4. The van der Waals surface area contributed by atoms with Crippen LogP contribution in [0, 0.1) is 5.92 Å². The first-order chi connectivity index (χ1) is 10.3. The molecule has 0 spiro atoms. The predicted molar refractivity (Wildman–Crippen MR) is 92.5 cm³/mol. The molecule has 4 atom stereocenters. The van der Waals surface area contributed by atoms with Crippen molar-refractivity contribution >= 4 is 15.9 Å². The van der Waals surface area contributed by atoms with Crippen LogP contribution in [-0.2, 0) is 0 Å². The molecule has 1 aliphatic heterocycles. The summed E-state index contributed by atoms with van der Waals surface area (Å²) in [7, 11) is 0. The van der Waals surface area contributed by atoms with Gasteiger partial charge in [-0.3, -0.25) is 0 Å². The van der Waals surface area contributed by atoms with Crippen LogP contribution in [0.2, 0.25) is 0 Å². The Hall–Kier alpha value is -0.380. The summed E-state index contributed by atoms with van der Waals surface area (Å²) in [6.45, 7) is 3.52. The van der Waals surface area contributed by atoms with Crippen LogP contribution in [0.25, 0.3) is 0 Å². The van der Waals surface area contributed by atoms with Gasteiger partial charge in [0.25, 0.3) is 0 Å². The van der Waals surface area contributed by atoms with Gasteiger partial charge in [0.05, 0.1) is 0 Å². The molecule has 1 heterocycles. The molecule has 0 aromatic heterocycles. The molecule has 3 heteroatoms. The molecular formula is C18H27BrN2. The highest BCUT2D eigenvalue weighted by molar-refractivity contribution is 9.10. The van der Waals surface area contributed by atoms with Gasteiger partial charge < -0.3 is 10.6 Å². The molecule has 0 radical (unpaired) electrons. The van der Waals surface area contributed by atoms with E-state index in [1.54, 1.807) is 0 Å². The minimum absolute atomic E-state index is 0.410. The SMILES string of the molecule is CC(NC1CCCCC1C1CCCN1)c1ccccc1Br. The lowest BCUT2D eigenvalue weighted by Crippen LogP contribution is -2.47. The maximum Gasteiger partial charge on any atom is 0.0305 e. The lowest BCUT2D eigenvalue weighted by atomic mass is 9.79. The summed E-state index contributed by atoms with van der Waals surface area (Å²) in [5.41, 5.74) is 1.38. The van der Waals surface area contributed by atoms with E-state index in [0.29, 0.717) is 12.1 Å². The molecule has 116 valence electrons. The van der Waals surface area contributed by atoms with E-state index in [9.17, 15) is 0 Å². The summed E-state index contributed by atoms with van der Waals surface area (Å²) < 4.78 is 1.22. The Bertz CT molecular complexity index is 456. The van der Waals surface area contributed by atoms with Gasteiger partial charge in [-0.2, -0.15) is 0 Å². The van der Waals surface area contributed by atoms with Gasteiger partial charge in [0.15, 0.2) is 0 Å². The molecule has 4 unspecified atom stereocenters. The van der Waals surface area contributed by atoms with Crippen LogP contribution in [0.15, 0.2) is 28.7 Å². The molecule has 1 aromatic carbocycles. The van der Waals surface area contributed by atoms with Crippen LogP contribution in [0.3, 0.4) is 0 Å². The highest BCUT2D eigenvalue weighted by Crippen LogP contribution is 2.33. The first-order valence-corrected chi connectivity index (χ1v) is 9.29. The van der Waals surface area contributed by atoms with Gasteiger partial charge in [-0.1, -0.05) is 47.0 Å². The molecule has 2 aliphatic rings. The fourth-order valence-corrected chi connectivity index (χ4v) is 4.79. The zero-order chi connectivity index (χ0) is 14.7. The Morgan fingerprint density at radius 1 is 1.14 bits per heavy atom. The lowest BCUT2D eigenvalue weighted by molar-refractivity contribution is 0.203. The minimum Gasteiger partial charge on any atom is -0.314 e. The molecule has 1 saturated carbocycles. The average Bonchev–Trinajstić information content (AvgIpc) is 3.02. The Kier molecular flexibility index (Phi) is 5.36. The quantitative estimate of drug-likeness (QED) is 0.840. The van der Waals surface area contributed by atoms with Crippen molar-refractivity contribution in [2.24, 2.45) is 5.92 Å². The Morgan fingerprint density at radius 3 is 2.71 bits per heavy atom. The molecule has 1 aromatic rings. The molecule has 2 fully saturated rings. The van der Waals surface area contributed by atoms with E-state index in [2.05, 4.69) is 57.8 Å². The van der Waals surface area contributed by atoms with Crippen LogP contribution in [0.5, 0.6) is 0 Å². The van der Waals surface area contributed by atoms with Crippen LogP contribution >= 0.6 is 15.9 Å². The third-order valence-corrected chi connectivity index (χ3v) is 5.99. The van der Waals surface area contributed by atoms with Crippen molar-refractivity contribution in [3.63, 3.8) is 0 Å². The van der Waals surface area contributed by atoms with E-state index < -0.39 is 0 Å². The Labute approximate surface area is 137 Å². The maximum absolute atomic E-state index is 3.93. The normalized spacial score (nSPS) is 31.2. The molecule has 0 bridgehead atoms. The van der Waals surface area contributed by atoms with Gasteiger partial charge in [0, 0.05) is 22.6 Å². The number of halogens is 1. The fourth-order valence-electron chi connectivity index (χ4n) is 4.16. The van der Waals surface area contributed by atoms with E-state index in [0.717, 1.165) is 12.0 Å². The predicted octanol–water partition coefficient (Wildman–Crippen LogP) is 4.41.